The van der Waals surface area contributed by atoms with Gasteiger partial charge in [-0.15, -0.1) is 0 Å². The molecule has 1 N–H and O–H groups in total. The van der Waals surface area contributed by atoms with E-state index in [1.807, 2.05) is 30.3 Å². The summed E-state index contributed by atoms with van der Waals surface area (Å²) >= 11 is 5.96. The van der Waals surface area contributed by atoms with E-state index in [2.05, 4.69) is 10.2 Å². The SMILES string of the molecule is COc1ccc(OC)c(NC(=O)[C@@H]2CCCN(Cc3ccc(Cl)cc3)C2)c1. The molecule has 27 heavy (non-hydrogen) atoms. The van der Waals surface area contributed by atoms with Gasteiger partial charge in [0.15, 0.2) is 0 Å². The third-order valence-corrected chi connectivity index (χ3v) is 5.11. The predicted octanol–water partition coefficient (Wildman–Crippen LogP) is 4.21. The molecule has 144 valence electrons. The second-order valence-electron chi connectivity index (χ2n) is 6.76. The summed E-state index contributed by atoms with van der Waals surface area (Å²) < 4.78 is 10.6. The second kappa shape index (κ2) is 9.11. The van der Waals surface area contributed by atoms with E-state index in [4.69, 9.17) is 21.1 Å². The fraction of sp³-hybridized carbons (Fsp3) is 0.381. The first-order valence-corrected chi connectivity index (χ1v) is 9.46. The van der Waals surface area contributed by atoms with Crippen LogP contribution in [0.1, 0.15) is 18.4 Å². The van der Waals surface area contributed by atoms with E-state index in [0.29, 0.717) is 17.2 Å². The highest BCUT2D eigenvalue weighted by Crippen LogP contribution is 2.30. The van der Waals surface area contributed by atoms with Gasteiger partial charge in [0.2, 0.25) is 5.91 Å². The Morgan fingerprint density at radius 3 is 2.67 bits per heavy atom. The number of hydrogen-bond donors (Lipinski definition) is 1. The molecule has 1 aliphatic heterocycles. The van der Waals surface area contributed by atoms with Crippen LogP contribution in [-0.4, -0.2) is 38.1 Å². The summed E-state index contributed by atoms with van der Waals surface area (Å²) in [6.45, 7) is 2.55. The van der Waals surface area contributed by atoms with Crippen molar-refractivity contribution in [1.29, 1.82) is 0 Å². The monoisotopic (exact) mass is 388 g/mol. The molecule has 0 aromatic heterocycles. The number of carbonyl (C=O) groups is 1. The fourth-order valence-electron chi connectivity index (χ4n) is 3.41. The highest BCUT2D eigenvalue weighted by Gasteiger charge is 2.26. The van der Waals surface area contributed by atoms with Crippen LogP contribution in [0, 0.1) is 5.92 Å². The Morgan fingerprint density at radius 1 is 1.19 bits per heavy atom. The molecular weight excluding hydrogens is 364 g/mol. The maximum atomic E-state index is 12.8. The van der Waals surface area contributed by atoms with Crippen LogP contribution in [0.2, 0.25) is 5.02 Å². The number of carbonyl (C=O) groups excluding carboxylic acids is 1. The third-order valence-electron chi connectivity index (χ3n) is 4.86. The van der Waals surface area contributed by atoms with Crippen molar-refractivity contribution >= 4 is 23.2 Å². The average molecular weight is 389 g/mol. The molecule has 3 rings (SSSR count). The summed E-state index contributed by atoms with van der Waals surface area (Å²) in [5, 5.41) is 3.75. The number of halogens is 1. The number of methoxy groups -OCH3 is 2. The van der Waals surface area contributed by atoms with Crippen LogP contribution in [0.15, 0.2) is 42.5 Å². The van der Waals surface area contributed by atoms with E-state index in [1.54, 1.807) is 26.4 Å². The minimum absolute atomic E-state index is 0.0161. The minimum Gasteiger partial charge on any atom is -0.497 e. The van der Waals surface area contributed by atoms with E-state index >= 15 is 0 Å². The van der Waals surface area contributed by atoms with Gasteiger partial charge in [0.25, 0.3) is 0 Å². The smallest absolute Gasteiger partial charge is 0.228 e. The Hall–Kier alpha value is -2.24. The predicted molar refractivity (Wildman–Crippen MR) is 108 cm³/mol. The van der Waals surface area contributed by atoms with Crippen LogP contribution in [-0.2, 0) is 11.3 Å². The zero-order valence-corrected chi connectivity index (χ0v) is 16.5. The molecular formula is C21H25ClN2O3. The van der Waals surface area contributed by atoms with Gasteiger partial charge >= 0.3 is 0 Å². The van der Waals surface area contributed by atoms with E-state index in [-0.39, 0.29) is 11.8 Å². The van der Waals surface area contributed by atoms with Crippen LogP contribution in [0.4, 0.5) is 5.69 Å². The molecule has 1 atom stereocenters. The average Bonchev–Trinajstić information content (AvgIpc) is 2.70. The van der Waals surface area contributed by atoms with Gasteiger partial charge in [-0.2, -0.15) is 0 Å². The first-order chi connectivity index (χ1) is 13.1. The van der Waals surface area contributed by atoms with Gasteiger partial charge in [0.1, 0.15) is 11.5 Å². The number of nitrogens with zero attached hydrogens (tertiary/aromatic N) is 1. The maximum Gasteiger partial charge on any atom is 0.228 e. The maximum absolute atomic E-state index is 12.8. The van der Waals surface area contributed by atoms with Crippen molar-refractivity contribution in [3.05, 3.63) is 53.1 Å². The highest BCUT2D eigenvalue weighted by atomic mass is 35.5. The molecule has 5 nitrogen and oxygen atoms in total. The standard InChI is InChI=1S/C21H25ClN2O3/c1-26-18-9-10-20(27-2)19(12-18)23-21(25)16-4-3-11-24(14-16)13-15-5-7-17(22)8-6-15/h5-10,12,16H,3-4,11,13-14H2,1-2H3,(H,23,25)/t16-/m1/s1. The molecule has 2 aromatic carbocycles. The second-order valence-corrected chi connectivity index (χ2v) is 7.19. The van der Waals surface area contributed by atoms with Crippen molar-refractivity contribution in [2.24, 2.45) is 5.92 Å². The van der Waals surface area contributed by atoms with Crippen molar-refractivity contribution in [2.75, 3.05) is 32.6 Å². The molecule has 0 unspecified atom stereocenters. The Kier molecular flexibility index (Phi) is 6.58. The number of amides is 1. The first-order valence-electron chi connectivity index (χ1n) is 9.08. The molecule has 0 bridgehead atoms. The van der Waals surface area contributed by atoms with Gasteiger partial charge in [0, 0.05) is 24.2 Å². The Balaban J connectivity index is 1.63. The summed E-state index contributed by atoms with van der Waals surface area (Å²) in [6.07, 6.45) is 1.89. The van der Waals surface area contributed by atoms with Crippen LogP contribution in [0.25, 0.3) is 0 Å². The molecule has 1 fully saturated rings. The van der Waals surface area contributed by atoms with Crippen molar-refractivity contribution < 1.29 is 14.3 Å². The number of anilines is 1. The minimum atomic E-state index is -0.0537. The molecule has 1 aliphatic rings. The third kappa shape index (κ3) is 5.15. The van der Waals surface area contributed by atoms with E-state index < -0.39 is 0 Å². The lowest BCUT2D eigenvalue weighted by Crippen LogP contribution is -2.40. The van der Waals surface area contributed by atoms with Gasteiger partial charge < -0.3 is 14.8 Å². The van der Waals surface area contributed by atoms with Crippen LogP contribution < -0.4 is 14.8 Å². The first kappa shape index (κ1) is 19.5. The van der Waals surface area contributed by atoms with Gasteiger partial charge in [0.05, 0.1) is 25.8 Å². The van der Waals surface area contributed by atoms with Crippen molar-refractivity contribution in [3.8, 4) is 11.5 Å². The summed E-state index contributed by atoms with van der Waals surface area (Å²) in [5.41, 5.74) is 1.84. The number of ether oxygens (including phenoxy) is 2. The molecule has 2 aromatic rings. The number of benzene rings is 2. The summed E-state index contributed by atoms with van der Waals surface area (Å²) in [5.74, 6) is 1.27. The molecule has 0 spiro atoms. The van der Waals surface area contributed by atoms with E-state index in [1.165, 1.54) is 5.56 Å². The number of hydrogen-bond acceptors (Lipinski definition) is 4. The normalized spacial score (nSPS) is 17.4. The number of piperidine rings is 1. The van der Waals surface area contributed by atoms with Crippen molar-refractivity contribution in [1.82, 2.24) is 4.90 Å². The van der Waals surface area contributed by atoms with Crippen LogP contribution in [0.3, 0.4) is 0 Å². The summed E-state index contributed by atoms with van der Waals surface area (Å²) in [6, 6.07) is 13.3. The zero-order valence-electron chi connectivity index (χ0n) is 15.7. The lowest BCUT2D eigenvalue weighted by molar-refractivity contribution is -0.121. The highest BCUT2D eigenvalue weighted by molar-refractivity contribution is 6.30. The Bertz CT molecular complexity index is 779. The summed E-state index contributed by atoms with van der Waals surface area (Å²) in [7, 11) is 3.19. The van der Waals surface area contributed by atoms with Crippen molar-refractivity contribution in [3.63, 3.8) is 0 Å². The van der Waals surface area contributed by atoms with Gasteiger partial charge in [-0.05, 0) is 49.2 Å². The number of rotatable bonds is 6. The molecule has 0 saturated carbocycles. The number of nitrogens with one attached hydrogen (secondary N) is 1. The topological polar surface area (TPSA) is 50.8 Å². The lowest BCUT2D eigenvalue weighted by atomic mass is 9.96. The number of likely N-dealkylation sites (tertiary alicyclic amines) is 1. The largest absolute Gasteiger partial charge is 0.497 e. The van der Waals surface area contributed by atoms with E-state index in [9.17, 15) is 4.79 Å². The van der Waals surface area contributed by atoms with Gasteiger partial charge in [-0.1, -0.05) is 23.7 Å². The Labute approximate surface area is 165 Å². The molecule has 6 heteroatoms. The van der Waals surface area contributed by atoms with Crippen LogP contribution >= 0.6 is 11.6 Å². The van der Waals surface area contributed by atoms with E-state index in [0.717, 1.165) is 37.5 Å². The quantitative estimate of drug-likeness (QED) is 0.805. The fourth-order valence-corrected chi connectivity index (χ4v) is 3.53. The molecule has 0 radical (unpaired) electrons. The molecule has 1 amide bonds. The lowest BCUT2D eigenvalue weighted by Gasteiger charge is -2.32. The van der Waals surface area contributed by atoms with Crippen LogP contribution in [0.5, 0.6) is 11.5 Å². The molecule has 0 aliphatic carbocycles. The van der Waals surface area contributed by atoms with Gasteiger partial charge in [-0.25, -0.2) is 0 Å². The molecule has 1 heterocycles. The zero-order chi connectivity index (χ0) is 19.2. The molecule has 1 saturated heterocycles. The van der Waals surface area contributed by atoms with Crippen molar-refractivity contribution in [2.45, 2.75) is 19.4 Å². The van der Waals surface area contributed by atoms with Gasteiger partial charge in [-0.3, -0.25) is 9.69 Å². The summed E-state index contributed by atoms with van der Waals surface area (Å²) in [4.78, 5) is 15.1. The Morgan fingerprint density at radius 2 is 1.96 bits per heavy atom.